The maximum atomic E-state index is 4.69. The zero-order valence-electron chi connectivity index (χ0n) is 14.5. The third-order valence-corrected chi connectivity index (χ3v) is 4.07. The maximum Gasteiger partial charge on any atom is 0.191 e. The van der Waals surface area contributed by atoms with E-state index in [0.717, 1.165) is 25.6 Å². The summed E-state index contributed by atoms with van der Waals surface area (Å²) in [6, 6.07) is 1.15. The van der Waals surface area contributed by atoms with E-state index in [1.165, 1.54) is 25.8 Å². The topological polar surface area (TPSA) is 39.7 Å². The molecule has 0 aromatic rings. The standard InChI is InChI=1S/C16H34N4.HI/c1-6-8-9-10-18-16(17-7-2)19-15-12-20(13(3)4)11-14(15)5;/h13-15H,6-12H2,1-5H3,(H2,17,18,19);1H. The fourth-order valence-electron chi connectivity index (χ4n) is 2.66. The molecule has 21 heavy (non-hydrogen) atoms. The Hall–Kier alpha value is -0.0400. The minimum absolute atomic E-state index is 0. The van der Waals surface area contributed by atoms with Crippen LogP contribution in [-0.2, 0) is 0 Å². The van der Waals surface area contributed by atoms with Gasteiger partial charge in [0.2, 0.25) is 0 Å². The van der Waals surface area contributed by atoms with Crippen LogP contribution < -0.4 is 10.6 Å². The second kappa shape index (κ2) is 11.5. The fourth-order valence-corrected chi connectivity index (χ4v) is 2.66. The summed E-state index contributed by atoms with van der Waals surface area (Å²) in [6.07, 6.45) is 3.71. The lowest BCUT2D eigenvalue weighted by atomic mass is 10.1. The highest BCUT2D eigenvalue weighted by Gasteiger charge is 2.31. The lowest BCUT2D eigenvalue weighted by Gasteiger charge is -2.21. The van der Waals surface area contributed by atoms with Crippen molar-refractivity contribution in [2.45, 2.75) is 66.0 Å². The summed E-state index contributed by atoms with van der Waals surface area (Å²) in [5, 5.41) is 7.00. The van der Waals surface area contributed by atoms with Gasteiger partial charge in [-0.3, -0.25) is 9.89 Å². The van der Waals surface area contributed by atoms with Gasteiger partial charge in [0, 0.05) is 38.3 Å². The smallest absolute Gasteiger partial charge is 0.191 e. The first kappa shape index (κ1) is 21.0. The Kier molecular flexibility index (Phi) is 11.5. The maximum absolute atomic E-state index is 4.69. The molecule has 0 amide bonds. The van der Waals surface area contributed by atoms with Gasteiger partial charge in [-0.05, 0) is 33.1 Å². The number of nitrogens with one attached hydrogen (secondary N) is 2. The van der Waals surface area contributed by atoms with Crippen LogP contribution in [0.4, 0.5) is 0 Å². The molecule has 4 nitrogen and oxygen atoms in total. The van der Waals surface area contributed by atoms with Crippen LogP contribution in [0, 0.1) is 5.92 Å². The van der Waals surface area contributed by atoms with Gasteiger partial charge in [-0.15, -0.1) is 24.0 Å². The molecule has 0 radical (unpaired) electrons. The molecule has 0 aromatic carbocycles. The number of hydrogen-bond donors (Lipinski definition) is 2. The van der Waals surface area contributed by atoms with Crippen molar-refractivity contribution in [3.8, 4) is 0 Å². The number of hydrogen-bond acceptors (Lipinski definition) is 2. The fraction of sp³-hybridized carbons (Fsp3) is 0.938. The number of halogens is 1. The molecule has 0 saturated carbocycles. The van der Waals surface area contributed by atoms with Gasteiger partial charge in [-0.1, -0.05) is 26.7 Å². The van der Waals surface area contributed by atoms with Crippen LogP contribution in [0.2, 0.25) is 0 Å². The second-order valence-corrected chi connectivity index (χ2v) is 6.24. The van der Waals surface area contributed by atoms with E-state index in [0.29, 0.717) is 18.0 Å². The third kappa shape index (κ3) is 7.68. The van der Waals surface area contributed by atoms with Crippen molar-refractivity contribution in [1.29, 1.82) is 0 Å². The van der Waals surface area contributed by atoms with Gasteiger partial charge in [0.1, 0.15) is 0 Å². The molecular weight excluding hydrogens is 375 g/mol. The van der Waals surface area contributed by atoms with Crippen molar-refractivity contribution in [3.63, 3.8) is 0 Å². The highest BCUT2D eigenvalue weighted by Crippen LogP contribution is 2.18. The summed E-state index contributed by atoms with van der Waals surface area (Å²) in [5.74, 6) is 1.67. The Balaban J connectivity index is 0.00000400. The van der Waals surface area contributed by atoms with Gasteiger partial charge in [-0.2, -0.15) is 0 Å². The minimum atomic E-state index is 0. The van der Waals surface area contributed by atoms with Gasteiger partial charge in [-0.25, -0.2) is 0 Å². The minimum Gasteiger partial charge on any atom is -0.357 e. The first-order valence-corrected chi connectivity index (χ1v) is 8.37. The van der Waals surface area contributed by atoms with Gasteiger partial charge in [0.05, 0.1) is 0 Å². The van der Waals surface area contributed by atoms with Crippen molar-refractivity contribution >= 4 is 29.9 Å². The molecule has 0 bridgehead atoms. The molecule has 126 valence electrons. The molecule has 2 atom stereocenters. The lowest BCUT2D eigenvalue weighted by molar-refractivity contribution is 0.265. The van der Waals surface area contributed by atoms with Crippen molar-refractivity contribution in [1.82, 2.24) is 15.5 Å². The summed E-state index contributed by atoms with van der Waals surface area (Å²) in [7, 11) is 0. The largest absolute Gasteiger partial charge is 0.357 e. The van der Waals surface area contributed by atoms with Crippen LogP contribution >= 0.6 is 24.0 Å². The van der Waals surface area contributed by atoms with E-state index in [-0.39, 0.29) is 24.0 Å². The number of aliphatic imine (C=N–C) groups is 1. The summed E-state index contributed by atoms with van der Waals surface area (Å²) >= 11 is 0. The molecule has 1 heterocycles. The Morgan fingerprint density at radius 2 is 1.95 bits per heavy atom. The number of unbranched alkanes of at least 4 members (excludes halogenated alkanes) is 2. The lowest BCUT2D eigenvalue weighted by Crippen LogP contribution is -2.46. The molecule has 2 unspecified atom stereocenters. The van der Waals surface area contributed by atoms with E-state index in [4.69, 9.17) is 4.99 Å². The number of rotatable bonds is 7. The highest BCUT2D eigenvalue weighted by molar-refractivity contribution is 14.0. The van der Waals surface area contributed by atoms with Crippen molar-refractivity contribution < 1.29 is 0 Å². The van der Waals surface area contributed by atoms with E-state index in [1.54, 1.807) is 0 Å². The van der Waals surface area contributed by atoms with Crippen LogP contribution in [0.1, 0.15) is 53.9 Å². The normalized spacial score (nSPS) is 23.2. The molecule has 0 aromatic heterocycles. The van der Waals surface area contributed by atoms with Crippen LogP contribution in [0.25, 0.3) is 0 Å². The monoisotopic (exact) mass is 410 g/mol. The van der Waals surface area contributed by atoms with E-state index < -0.39 is 0 Å². The molecule has 1 fully saturated rings. The SMILES string of the molecule is CCCCCN=C(NCC)NC1CN(C(C)C)CC1C.I. The average molecular weight is 410 g/mol. The zero-order valence-corrected chi connectivity index (χ0v) is 16.8. The average Bonchev–Trinajstić information content (AvgIpc) is 2.76. The summed E-state index contributed by atoms with van der Waals surface area (Å²) in [5.41, 5.74) is 0. The molecular formula is C16H35IN4. The molecule has 1 saturated heterocycles. The summed E-state index contributed by atoms with van der Waals surface area (Å²) in [6.45, 7) is 15.4. The van der Waals surface area contributed by atoms with Crippen LogP contribution in [0.3, 0.4) is 0 Å². The molecule has 0 spiro atoms. The second-order valence-electron chi connectivity index (χ2n) is 6.24. The van der Waals surface area contributed by atoms with E-state index >= 15 is 0 Å². The quantitative estimate of drug-likeness (QED) is 0.293. The molecule has 0 aliphatic carbocycles. The van der Waals surface area contributed by atoms with Gasteiger partial charge in [0.15, 0.2) is 5.96 Å². The first-order chi connectivity index (χ1) is 9.58. The van der Waals surface area contributed by atoms with Crippen molar-refractivity contribution in [3.05, 3.63) is 0 Å². The van der Waals surface area contributed by atoms with Crippen LogP contribution in [0.5, 0.6) is 0 Å². The van der Waals surface area contributed by atoms with E-state index in [9.17, 15) is 0 Å². The Labute approximate surface area is 148 Å². The zero-order chi connectivity index (χ0) is 15.0. The third-order valence-electron chi connectivity index (χ3n) is 4.07. The van der Waals surface area contributed by atoms with Crippen LogP contribution in [-0.4, -0.2) is 49.1 Å². The van der Waals surface area contributed by atoms with E-state index in [2.05, 4.69) is 50.2 Å². The first-order valence-electron chi connectivity index (χ1n) is 8.37. The number of nitrogens with zero attached hydrogens (tertiary/aromatic N) is 2. The van der Waals surface area contributed by atoms with Gasteiger partial charge >= 0.3 is 0 Å². The van der Waals surface area contributed by atoms with Gasteiger partial charge < -0.3 is 10.6 Å². The molecule has 1 aliphatic rings. The number of guanidine groups is 1. The summed E-state index contributed by atoms with van der Waals surface area (Å²) < 4.78 is 0. The van der Waals surface area contributed by atoms with Gasteiger partial charge in [0.25, 0.3) is 0 Å². The van der Waals surface area contributed by atoms with Crippen LogP contribution in [0.15, 0.2) is 4.99 Å². The molecule has 2 N–H and O–H groups in total. The van der Waals surface area contributed by atoms with Crippen molar-refractivity contribution in [2.24, 2.45) is 10.9 Å². The van der Waals surface area contributed by atoms with Crippen molar-refractivity contribution in [2.75, 3.05) is 26.2 Å². The highest BCUT2D eigenvalue weighted by atomic mass is 127. The Morgan fingerprint density at radius 3 is 2.48 bits per heavy atom. The Bertz CT molecular complexity index is 294. The predicted octanol–water partition coefficient (Wildman–Crippen LogP) is 3.08. The summed E-state index contributed by atoms with van der Waals surface area (Å²) in [4.78, 5) is 7.24. The number of likely N-dealkylation sites (tertiary alicyclic amines) is 1. The molecule has 1 aliphatic heterocycles. The molecule has 1 rings (SSSR count). The molecule has 5 heteroatoms. The Morgan fingerprint density at radius 1 is 1.24 bits per heavy atom. The predicted molar refractivity (Wildman–Crippen MR) is 104 cm³/mol. The van der Waals surface area contributed by atoms with E-state index in [1.807, 2.05) is 0 Å².